The quantitative estimate of drug-likeness (QED) is 0.426. The topological polar surface area (TPSA) is 96.1 Å². The van der Waals surface area contributed by atoms with Gasteiger partial charge in [0.1, 0.15) is 11.6 Å². The van der Waals surface area contributed by atoms with Gasteiger partial charge in [0, 0.05) is 24.0 Å². The second-order valence-electron chi connectivity index (χ2n) is 6.99. The first-order chi connectivity index (χ1) is 14.5. The monoisotopic (exact) mass is 405 g/mol. The minimum Gasteiger partial charge on any atom is -0.423 e. The van der Waals surface area contributed by atoms with Crippen molar-refractivity contribution in [3.05, 3.63) is 71.4 Å². The summed E-state index contributed by atoms with van der Waals surface area (Å²) in [5, 5.41) is 23.2. The van der Waals surface area contributed by atoms with Crippen molar-refractivity contribution in [2.75, 3.05) is 5.32 Å². The van der Waals surface area contributed by atoms with Crippen LogP contribution >= 0.6 is 0 Å². The Kier molecular flexibility index (Phi) is 5.47. The van der Waals surface area contributed by atoms with Crippen LogP contribution in [0.5, 0.6) is 0 Å². The van der Waals surface area contributed by atoms with E-state index in [4.69, 9.17) is 0 Å². The summed E-state index contributed by atoms with van der Waals surface area (Å²) in [7, 11) is -1.57. The van der Waals surface area contributed by atoms with Crippen molar-refractivity contribution in [3.63, 3.8) is 0 Å². The van der Waals surface area contributed by atoms with E-state index < -0.39 is 7.12 Å². The molecule has 4 rings (SSSR count). The average molecular weight is 405 g/mol. The molecule has 30 heavy (non-hydrogen) atoms. The summed E-state index contributed by atoms with van der Waals surface area (Å²) in [5.74, 6) is 1.14. The lowest BCUT2D eigenvalue weighted by molar-refractivity contribution is 0.426. The zero-order chi connectivity index (χ0) is 21.3. The van der Waals surface area contributed by atoms with Crippen molar-refractivity contribution in [1.82, 2.24) is 19.5 Å². The van der Waals surface area contributed by atoms with Crippen molar-refractivity contribution >= 4 is 29.4 Å². The number of aromatic nitrogens is 4. The van der Waals surface area contributed by atoms with Gasteiger partial charge >= 0.3 is 7.12 Å². The third-order valence-electron chi connectivity index (χ3n) is 4.87. The Morgan fingerprint density at radius 3 is 2.60 bits per heavy atom. The van der Waals surface area contributed by atoms with Gasteiger partial charge in [-0.1, -0.05) is 31.2 Å². The van der Waals surface area contributed by atoms with Gasteiger partial charge in [-0.2, -0.15) is 15.0 Å². The maximum atomic E-state index is 13.4. The van der Waals surface area contributed by atoms with E-state index >= 15 is 0 Å². The number of nitrogens with zero attached hydrogens (tertiary/aromatic N) is 4. The molecule has 9 heteroatoms. The molecule has 7 nitrogen and oxygen atoms in total. The molecule has 0 saturated carbocycles. The highest BCUT2D eigenvalue weighted by atomic mass is 19.1. The molecule has 0 saturated heterocycles. The molecule has 0 spiro atoms. The lowest BCUT2D eigenvalue weighted by atomic mass is 9.78. The molecular weight excluding hydrogens is 384 g/mol. The SMILES string of the molecule is CCc1nc(NCc2cccc(F)c2)nc(-n2c(C)cc3c(B(O)O)cccc32)n1. The molecule has 0 fully saturated rings. The lowest BCUT2D eigenvalue weighted by Gasteiger charge is -2.11. The third kappa shape index (κ3) is 3.89. The van der Waals surface area contributed by atoms with Crippen LogP contribution in [0.15, 0.2) is 48.5 Å². The summed E-state index contributed by atoms with van der Waals surface area (Å²) in [6, 6.07) is 13.5. The summed E-state index contributed by atoms with van der Waals surface area (Å²) in [6.07, 6.45) is 0.614. The summed E-state index contributed by atoms with van der Waals surface area (Å²) in [6.45, 7) is 4.23. The zero-order valence-corrected chi connectivity index (χ0v) is 16.7. The van der Waals surface area contributed by atoms with E-state index in [0.29, 0.717) is 36.1 Å². The highest BCUT2D eigenvalue weighted by Crippen LogP contribution is 2.22. The predicted octanol–water partition coefficient (Wildman–Crippen LogP) is 2.12. The second-order valence-corrected chi connectivity index (χ2v) is 6.99. The van der Waals surface area contributed by atoms with Gasteiger partial charge in [0.15, 0.2) is 0 Å². The van der Waals surface area contributed by atoms with E-state index in [-0.39, 0.29) is 5.82 Å². The molecule has 4 aromatic rings. The highest BCUT2D eigenvalue weighted by molar-refractivity contribution is 6.61. The van der Waals surface area contributed by atoms with Gasteiger partial charge in [-0.05, 0) is 42.2 Å². The number of nitrogens with one attached hydrogen (secondary N) is 1. The normalized spacial score (nSPS) is 11.1. The highest BCUT2D eigenvalue weighted by Gasteiger charge is 2.19. The lowest BCUT2D eigenvalue weighted by Crippen LogP contribution is -2.30. The first-order valence-corrected chi connectivity index (χ1v) is 9.67. The maximum Gasteiger partial charge on any atom is 0.489 e. The Bertz CT molecular complexity index is 1210. The minimum atomic E-state index is -1.57. The van der Waals surface area contributed by atoms with E-state index in [1.54, 1.807) is 18.2 Å². The molecule has 0 amide bonds. The number of aryl methyl sites for hydroxylation is 2. The molecule has 0 unspecified atom stereocenters. The molecule has 0 aliphatic rings. The van der Waals surface area contributed by atoms with Gasteiger partial charge in [-0.3, -0.25) is 4.57 Å². The predicted molar refractivity (Wildman–Crippen MR) is 114 cm³/mol. The fraction of sp³-hybridized carbons (Fsp3) is 0.190. The van der Waals surface area contributed by atoms with Crippen LogP contribution in [0, 0.1) is 12.7 Å². The number of rotatable bonds is 6. The molecule has 2 heterocycles. The Morgan fingerprint density at radius 1 is 1.07 bits per heavy atom. The summed E-state index contributed by atoms with van der Waals surface area (Å²) < 4.78 is 15.3. The van der Waals surface area contributed by atoms with Crippen molar-refractivity contribution in [3.8, 4) is 5.95 Å². The Morgan fingerprint density at radius 2 is 1.87 bits per heavy atom. The van der Waals surface area contributed by atoms with E-state index in [1.807, 2.05) is 36.6 Å². The van der Waals surface area contributed by atoms with Gasteiger partial charge in [0.2, 0.25) is 11.9 Å². The Hall–Kier alpha value is -3.30. The van der Waals surface area contributed by atoms with Crippen LogP contribution in [0.1, 0.15) is 24.0 Å². The van der Waals surface area contributed by atoms with Crippen LogP contribution in [-0.4, -0.2) is 36.7 Å². The van der Waals surface area contributed by atoms with Crippen molar-refractivity contribution in [2.45, 2.75) is 26.8 Å². The maximum absolute atomic E-state index is 13.4. The van der Waals surface area contributed by atoms with Crippen LogP contribution in [0.25, 0.3) is 16.9 Å². The average Bonchev–Trinajstić information content (AvgIpc) is 3.07. The molecule has 0 aliphatic heterocycles. The van der Waals surface area contributed by atoms with Gasteiger partial charge in [-0.25, -0.2) is 4.39 Å². The molecular formula is C21H21BFN5O2. The summed E-state index contributed by atoms with van der Waals surface area (Å²) >= 11 is 0. The molecule has 152 valence electrons. The largest absolute Gasteiger partial charge is 0.489 e. The minimum absolute atomic E-state index is 0.295. The first kappa shape index (κ1) is 20.0. The number of hydrogen-bond acceptors (Lipinski definition) is 6. The van der Waals surface area contributed by atoms with Gasteiger partial charge < -0.3 is 15.4 Å². The molecule has 0 atom stereocenters. The standard InChI is InChI=1S/C21H21BFN5O2/c1-3-19-25-20(24-12-14-6-4-7-15(23)11-14)27-21(26-19)28-13(2)10-16-17(22(29)30)8-5-9-18(16)28/h4-11,29-30H,3,12H2,1-2H3,(H,24,25,26,27). The Balaban J connectivity index is 1.75. The van der Waals surface area contributed by atoms with Crippen LogP contribution in [0.3, 0.4) is 0 Å². The van der Waals surface area contributed by atoms with E-state index in [9.17, 15) is 14.4 Å². The summed E-state index contributed by atoms with van der Waals surface area (Å²) in [5.41, 5.74) is 2.81. The van der Waals surface area contributed by atoms with Crippen molar-refractivity contribution in [1.29, 1.82) is 0 Å². The van der Waals surface area contributed by atoms with E-state index in [2.05, 4.69) is 20.3 Å². The van der Waals surface area contributed by atoms with E-state index in [1.165, 1.54) is 12.1 Å². The van der Waals surface area contributed by atoms with Crippen LogP contribution in [0.4, 0.5) is 10.3 Å². The number of halogens is 1. The van der Waals surface area contributed by atoms with Crippen molar-refractivity contribution < 1.29 is 14.4 Å². The first-order valence-electron chi connectivity index (χ1n) is 9.67. The number of anilines is 1. The third-order valence-corrected chi connectivity index (χ3v) is 4.87. The van der Waals surface area contributed by atoms with Gasteiger partial charge in [0.25, 0.3) is 0 Å². The fourth-order valence-electron chi connectivity index (χ4n) is 3.45. The van der Waals surface area contributed by atoms with E-state index in [0.717, 1.165) is 22.2 Å². The van der Waals surface area contributed by atoms with Crippen LogP contribution in [-0.2, 0) is 13.0 Å². The molecule has 2 aromatic carbocycles. The molecule has 0 radical (unpaired) electrons. The van der Waals surface area contributed by atoms with Gasteiger partial charge in [0.05, 0.1) is 5.52 Å². The van der Waals surface area contributed by atoms with Crippen molar-refractivity contribution in [2.24, 2.45) is 0 Å². The van der Waals surface area contributed by atoms with Crippen LogP contribution < -0.4 is 10.8 Å². The molecule has 3 N–H and O–H groups in total. The zero-order valence-electron chi connectivity index (χ0n) is 16.7. The smallest absolute Gasteiger partial charge is 0.423 e. The number of fused-ring (bicyclic) bond motifs is 1. The fourth-order valence-corrected chi connectivity index (χ4v) is 3.45. The number of benzene rings is 2. The molecule has 0 bridgehead atoms. The van der Waals surface area contributed by atoms with Gasteiger partial charge in [-0.15, -0.1) is 0 Å². The van der Waals surface area contributed by atoms with Crippen LogP contribution in [0.2, 0.25) is 0 Å². The number of hydrogen-bond donors (Lipinski definition) is 3. The molecule has 0 aliphatic carbocycles. The second kappa shape index (κ2) is 8.21. The summed E-state index contributed by atoms with van der Waals surface area (Å²) in [4.78, 5) is 13.6. The Labute approximate surface area is 173 Å². The molecule has 2 aromatic heterocycles.